The minimum absolute atomic E-state index is 0.0314. The molecule has 1 aromatic carbocycles. The van der Waals surface area contributed by atoms with Crippen LogP contribution in [0, 0.1) is 0 Å². The van der Waals surface area contributed by atoms with E-state index in [4.69, 9.17) is 9.47 Å². The van der Waals surface area contributed by atoms with Gasteiger partial charge in [-0.3, -0.25) is 14.6 Å². The van der Waals surface area contributed by atoms with Crippen LogP contribution in [0.4, 0.5) is 42.1 Å². The number of rotatable bonds is 9. The van der Waals surface area contributed by atoms with Gasteiger partial charge in [-0.15, -0.1) is 0 Å². The number of alkyl halides is 3. The van der Waals surface area contributed by atoms with Crippen molar-refractivity contribution in [3.05, 3.63) is 53.7 Å². The third-order valence-corrected chi connectivity index (χ3v) is 9.17. The normalized spacial score (nSPS) is 14.0. The molecule has 1 aliphatic rings. The predicted molar refractivity (Wildman–Crippen MR) is 176 cm³/mol. The first-order valence-electron chi connectivity index (χ1n) is 14.3. The number of ether oxygens (including phenoxy) is 2. The molecule has 246 valence electrons. The van der Waals surface area contributed by atoms with Crippen molar-refractivity contribution in [2.24, 2.45) is 7.05 Å². The molecule has 4 aromatic heterocycles. The van der Waals surface area contributed by atoms with Crippen molar-refractivity contribution in [3.8, 4) is 17.0 Å². The maximum atomic E-state index is 13.4. The molecule has 13 nitrogen and oxygen atoms in total. The Morgan fingerprint density at radius 3 is 2.51 bits per heavy atom. The molecule has 0 amide bonds. The van der Waals surface area contributed by atoms with E-state index in [0.717, 1.165) is 0 Å². The van der Waals surface area contributed by atoms with Gasteiger partial charge in [0.1, 0.15) is 30.0 Å². The second-order valence-corrected chi connectivity index (χ2v) is 15.0. The molecule has 0 spiro atoms. The van der Waals surface area contributed by atoms with Gasteiger partial charge in [0.15, 0.2) is 6.61 Å². The largest absolute Gasteiger partial charge is 0.466 e. The summed E-state index contributed by atoms with van der Waals surface area (Å²) in [6.07, 6.45) is 3.39. The zero-order chi connectivity index (χ0) is 33.3. The second-order valence-electron chi connectivity index (χ2n) is 11.0. The van der Waals surface area contributed by atoms with E-state index in [9.17, 15) is 17.7 Å². The van der Waals surface area contributed by atoms with E-state index < -0.39 is 19.9 Å². The van der Waals surface area contributed by atoms with Crippen molar-refractivity contribution < 1.29 is 27.2 Å². The summed E-state index contributed by atoms with van der Waals surface area (Å²) in [5.74, 6) is 0.469. The van der Waals surface area contributed by atoms with Gasteiger partial charge in [-0.1, -0.05) is 0 Å². The Bertz CT molecular complexity index is 1980. The standard InChI is InChI=1S/C29H29BrF3N10O3P/c1-42-15-17(13-37-42)18-12-22(27(46-16-29(31,32)33)41-26(18)43-8-10-45-11-9-43)39-28-36-14-19(30)25(40-28)38-21-5-4-20-23(35-7-6-34-20)24(21)47(2,3)44/h4-7,12-15H,8-11,16H2,1-3H3,(H2,36,38,39,40). The third kappa shape index (κ3) is 7.47. The van der Waals surface area contributed by atoms with E-state index in [1.807, 2.05) is 4.90 Å². The van der Waals surface area contributed by atoms with Crippen LogP contribution in [0.1, 0.15) is 0 Å². The maximum absolute atomic E-state index is 13.4. The van der Waals surface area contributed by atoms with Crippen LogP contribution in [0.15, 0.2) is 53.7 Å². The molecular formula is C29H29BrF3N10O3P. The van der Waals surface area contributed by atoms with Gasteiger partial charge in [0.05, 0.1) is 40.4 Å². The van der Waals surface area contributed by atoms with E-state index in [0.29, 0.717) is 75.6 Å². The fourth-order valence-corrected chi connectivity index (χ4v) is 6.74. The number of aromatic nitrogens is 7. The van der Waals surface area contributed by atoms with Gasteiger partial charge in [-0.25, -0.2) is 4.98 Å². The number of hydrogen-bond donors (Lipinski definition) is 2. The Balaban J connectivity index is 1.41. The van der Waals surface area contributed by atoms with Crippen molar-refractivity contribution in [1.29, 1.82) is 0 Å². The summed E-state index contributed by atoms with van der Waals surface area (Å²) < 4.78 is 66.3. The lowest BCUT2D eigenvalue weighted by atomic mass is 10.1. The van der Waals surface area contributed by atoms with Crippen LogP contribution in [0.5, 0.6) is 5.88 Å². The molecule has 1 aliphatic heterocycles. The molecular weight excluding hydrogens is 704 g/mol. The highest BCUT2D eigenvalue weighted by Gasteiger charge is 2.31. The van der Waals surface area contributed by atoms with E-state index in [2.05, 4.69) is 56.6 Å². The molecule has 18 heteroatoms. The molecule has 5 aromatic rings. The van der Waals surface area contributed by atoms with E-state index in [1.54, 1.807) is 61.8 Å². The highest BCUT2D eigenvalue weighted by atomic mass is 79.9. The fourth-order valence-electron chi connectivity index (χ4n) is 5.06. The molecule has 0 saturated carbocycles. The molecule has 0 atom stereocenters. The first-order chi connectivity index (χ1) is 22.4. The first kappa shape index (κ1) is 32.6. The van der Waals surface area contributed by atoms with Crippen LogP contribution < -0.4 is 25.6 Å². The lowest BCUT2D eigenvalue weighted by molar-refractivity contribution is -0.153. The number of nitrogens with one attached hydrogen (secondary N) is 2. The Labute approximate surface area is 275 Å². The van der Waals surface area contributed by atoms with Gasteiger partial charge in [-0.05, 0) is 47.5 Å². The van der Waals surface area contributed by atoms with Crippen LogP contribution in [-0.4, -0.2) is 87.1 Å². The van der Waals surface area contributed by atoms with Gasteiger partial charge in [0.2, 0.25) is 11.8 Å². The third-order valence-electron chi connectivity index (χ3n) is 7.06. The van der Waals surface area contributed by atoms with Gasteiger partial charge >= 0.3 is 6.18 Å². The molecule has 0 unspecified atom stereocenters. The van der Waals surface area contributed by atoms with Crippen molar-refractivity contribution in [3.63, 3.8) is 0 Å². The predicted octanol–water partition coefficient (Wildman–Crippen LogP) is 5.49. The van der Waals surface area contributed by atoms with Crippen LogP contribution in [0.3, 0.4) is 0 Å². The van der Waals surface area contributed by atoms with Gasteiger partial charge in [0, 0.05) is 56.1 Å². The van der Waals surface area contributed by atoms with Gasteiger partial charge in [-0.2, -0.15) is 28.2 Å². The second kappa shape index (κ2) is 13.0. The Hall–Kier alpha value is -4.34. The van der Waals surface area contributed by atoms with Crippen LogP contribution in [0.25, 0.3) is 22.2 Å². The topological polar surface area (TPSA) is 145 Å². The summed E-state index contributed by atoms with van der Waals surface area (Å²) in [6.45, 7) is 3.57. The molecule has 2 N–H and O–H groups in total. The minimum Gasteiger partial charge on any atom is -0.466 e. The smallest absolute Gasteiger partial charge is 0.422 e. The SMILES string of the molecule is Cn1cc(-c2cc(Nc3ncc(Br)c(Nc4ccc5nccnc5c4P(C)(C)=O)n3)c(OCC(F)(F)F)nc2N2CCOCC2)cn1. The molecule has 1 saturated heterocycles. The van der Waals surface area contributed by atoms with Crippen LogP contribution >= 0.6 is 23.1 Å². The quantitative estimate of drug-likeness (QED) is 0.185. The minimum atomic E-state index is -4.61. The molecule has 0 bridgehead atoms. The van der Waals surface area contributed by atoms with Gasteiger partial charge in [0.25, 0.3) is 0 Å². The highest BCUT2D eigenvalue weighted by Crippen LogP contribution is 2.42. The zero-order valence-electron chi connectivity index (χ0n) is 25.4. The molecule has 1 fully saturated rings. The van der Waals surface area contributed by atoms with Crippen molar-refractivity contribution in [2.45, 2.75) is 6.18 Å². The maximum Gasteiger partial charge on any atom is 0.422 e. The monoisotopic (exact) mass is 732 g/mol. The van der Waals surface area contributed by atoms with E-state index >= 15 is 0 Å². The fraction of sp³-hybridized carbons (Fsp3) is 0.310. The summed E-state index contributed by atoms with van der Waals surface area (Å²) in [5.41, 5.74) is 3.00. The lowest BCUT2D eigenvalue weighted by Crippen LogP contribution is -2.37. The van der Waals surface area contributed by atoms with E-state index in [1.165, 1.54) is 12.4 Å². The number of aryl methyl sites for hydroxylation is 1. The average molecular weight is 733 g/mol. The Morgan fingerprint density at radius 2 is 1.81 bits per heavy atom. The molecule has 6 rings (SSSR count). The summed E-state index contributed by atoms with van der Waals surface area (Å²) in [6, 6.07) is 5.14. The number of benzene rings is 1. The highest BCUT2D eigenvalue weighted by molar-refractivity contribution is 9.10. The number of fused-ring (bicyclic) bond motifs is 1. The van der Waals surface area contributed by atoms with Crippen molar-refractivity contribution in [2.75, 3.05) is 61.8 Å². The number of halogens is 4. The first-order valence-corrected chi connectivity index (χ1v) is 17.7. The Morgan fingerprint density at radius 1 is 1.04 bits per heavy atom. The number of anilines is 5. The van der Waals surface area contributed by atoms with Crippen molar-refractivity contribution in [1.82, 2.24) is 34.7 Å². The average Bonchev–Trinajstić information content (AvgIpc) is 3.47. The zero-order valence-corrected chi connectivity index (χ0v) is 27.9. The summed E-state index contributed by atoms with van der Waals surface area (Å²) >= 11 is 3.46. The van der Waals surface area contributed by atoms with Crippen molar-refractivity contribution >= 4 is 68.4 Å². The number of morpholine rings is 1. The molecule has 5 heterocycles. The Kier molecular flexibility index (Phi) is 9.05. The molecule has 47 heavy (non-hydrogen) atoms. The lowest BCUT2D eigenvalue weighted by Gasteiger charge is -2.30. The van der Waals surface area contributed by atoms with Crippen LogP contribution in [-0.2, 0) is 16.3 Å². The molecule has 0 aliphatic carbocycles. The number of nitrogens with zero attached hydrogens (tertiary/aromatic N) is 8. The van der Waals surface area contributed by atoms with Gasteiger partial charge < -0.3 is 29.6 Å². The van der Waals surface area contributed by atoms with Crippen LogP contribution in [0.2, 0.25) is 0 Å². The summed E-state index contributed by atoms with van der Waals surface area (Å²) in [5, 5.41) is 11.0. The summed E-state index contributed by atoms with van der Waals surface area (Å²) in [4.78, 5) is 24.2. The number of hydrogen-bond acceptors (Lipinski definition) is 12. The summed E-state index contributed by atoms with van der Waals surface area (Å²) in [7, 11) is -1.11. The van der Waals surface area contributed by atoms with E-state index in [-0.39, 0.29) is 17.5 Å². The molecule has 0 radical (unpaired) electrons. The number of pyridine rings is 1.